The van der Waals surface area contributed by atoms with Crippen LogP contribution in [0, 0.1) is 11.8 Å². The predicted octanol–water partition coefficient (Wildman–Crippen LogP) is 2.42. The molecule has 0 aromatic heterocycles. The Bertz CT molecular complexity index is 190. The number of allylic oxidation sites excluding steroid dienone is 1. The van der Waals surface area contributed by atoms with Gasteiger partial charge in [-0.3, -0.25) is 0 Å². The molecular weight excluding hydrogens is 168 g/mol. The molecule has 0 rings (SSSR count). The van der Waals surface area contributed by atoms with Crippen LogP contribution in [-0.2, 0) is 0 Å². The molecule has 0 saturated heterocycles. The lowest BCUT2D eigenvalue weighted by atomic mass is 10.1. The van der Waals surface area contributed by atoms with Gasteiger partial charge < -0.3 is 5.11 Å². The number of aliphatic hydroxyl groups is 1. The molecule has 0 bridgehead atoms. The highest BCUT2D eigenvalue weighted by molar-refractivity contribution is 8.02. The van der Waals surface area contributed by atoms with Crippen LogP contribution in [-0.4, -0.2) is 16.5 Å². The molecule has 0 radical (unpaired) electrons. The van der Waals surface area contributed by atoms with Crippen LogP contribution >= 0.6 is 11.8 Å². The van der Waals surface area contributed by atoms with E-state index in [1.165, 1.54) is 6.42 Å². The van der Waals surface area contributed by atoms with Crippen LogP contribution in [0.4, 0.5) is 0 Å². The van der Waals surface area contributed by atoms with Crippen LogP contribution in [0.15, 0.2) is 11.5 Å². The summed E-state index contributed by atoms with van der Waals surface area (Å²) < 4.78 is 0. The summed E-state index contributed by atoms with van der Waals surface area (Å²) in [6.07, 6.45) is 2.95. The molecule has 0 heterocycles. The van der Waals surface area contributed by atoms with Gasteiger partial charge in [0.05, 0.1) is 0 Å². The van der Waals surface area contributed by atoms with Crippen molar-refractivity contribution in [3.8, 4) is 11.8 Å². The summed E-state index contributed by atoms with van der Waals surface area (Å²) in [5.41, 5.74) is -0.875. The topological polar surface area (TPSA) is 20.2 Å². The molecule has 0 spiro atoms. The normalized spacial score (nSPS) is 11.3. The molecule has 0 atom stereocenters. The molecule has 1 nitrogen and oxygen atoms in total. The van der Waals surface area contributed by atoms with E-state index in [9.17, 15) is 5.11 Å². The molecule has 12 heavy (non-hydrogen) atoms. The lowest BCUT2D eigenvalue weighted by Crippen LogP contribution is -2.14. The third-order valence-corrected chi connectivity index (χ3v) is 1.92. The first-order valence-corrected chi connectivity index (χ1v) is 5.13. The van der Waals surface area contributed by atoms with Crippen LogP contribution in [0.3, 0.4) is 0 Å². The Kier molecular flexibility index (Phi) is 5.96. The molecular formula is C10H16OS. The zero-order valence-corrected chi connectivity index (χ0v) is 8.74. The third-order valence-electron chi connectivity index (χ3n) is 0.948. The van der Waals surface area contributed by atoms with Gasteiger partial charge in [-0.25, -0.2) is 0 Å². The molecule has 0 aliphatic rings. The molecule has 0 fully saturated rings. The van der Waals surface area contributed by atoms with Crippen molar-refractivity contribution >= 4 is 11.8 Å². The zero-order valence-electron chi connectivity index (χ0n) is 7.92. The van der Waals surface area contributed by atoms with Crippen LogP contribution in [0.1, 0.15) is 27.2 Å². The van der Waals surface area contributed by atoms with Crippen LogP contribution in [0.25, 0.3) is 0 Å². The summed E-state index contributed by atoms with van der Waals surface area (Å²) in [5, 5.41) is 11.2. The Morgan fingerprint density at radius 3 is 2.67 bits per heavy atom. The summed E-state index contributed by atoms with van der Waals surface area (Å²) in [6, 6.07) is 0. The van der Waals surface area contributed by atoms with Crippen molar-refractivity contribution in [3.63, 3.8) is 0 Å². The second kappa shape index (κ2) is 6.16. The first-order valence-electron chi connectivity index (χ1n) is 4.08. The van der Waals surface area contributed by atoms with Crippen molar-refractivity contribution in [2.75, 3.05) is 5.75 Å². The van der Waals surface area contributed by atoms with Gasteiger partial charge in [0, 0.05) is 0 Å². The molecule has 0 amide bonds. The van der Waals surface area contributed by atoms with E-state index in [0.29, 0.717) is 0 Å². The first kappa shape index (κ1) is 11.6. The quantitative estimate of drug-likeness (QED) is 0.537. The molecule has 1 N–H and O–H groups in total. The van der Waals surface area contributed by atoms with E-state index in [1.807, 2.05) is 5.41 Å². The Labute approximate surface area is 79.3 Å². The molecule has 68 valence electrons. The highest BCUT2D eigenvalue weighted by Gasteiger charge is 2.04. The molecule has 0 aromatic carbocycles. The monoisotopic (exact) mass is 184 g/mol. The largest absolute Gasteiger partial charge is 0.378 e. The SMILES string of the molecule is CCCS/C=C/C#CC(C)(C)O. The first-order chi connectivity index (χ1) is 5.56. The lowest BCUT2D eigenvalue weighted by Gasteiger charge is -2.04. The van der Waals surface area contributed by atoms with E-state index in [4.69, 9.17) is 0 Å². The Morgan fingerprint density at radius 2 is 2.17 bits per heavy atom. The predicted molar refractivity (Wildman–Crippen MR) is 56.0 cm³/mol. The van der Waals surface area contributed by atoms with Crippen LogP contribution < -0.4 is 0 Å². The molecule has 2 heteroatoms. The summed E-state index contributed by atoms with van der Waals surface area (Å²) in [5.74, 6) is 6.61. The van der Waals surface area contributed by atoms with Gasteiger partial charge in [-0.05, 0) is 37.5 Å². The van der Waals surface area contributed by atoms with E-state index in [1.54, 1.807) is 31.7 Å². The van der Waals surface area contributed by atoms with Crippen molar-refractivity contribution < 1.29 is 5.11 Å². The second-order valence-corrected chi connectivity index (χ2v) is 4.02. The van der Waals surface area contributed by atoms with Crippen molar-refractivity contribution in [1.29, 1.82) is 0 Å². The Balaban J connectivity index is 3.63. The highest BCUT2D eigenvalue weighted by Crippen LogP contribution is 2.02. The standard InChI is InChI=1S/C10H16OS/c1-4-8-12-9-6-5-7-10(2,3)11/h6,9,11H,4,8H2,1-3H3/b9-6+. The summed E-state index contributed by atoms with van der Waals surface area (Å²) >= 11 is 1.74. The van der Waals surface area contributed by atoms with Gasteiger partial charge in [-0.15, -0.1) is 11.8 Å². The van der Waals surface area contributed by atoms with Gasteiger partial charge in [0.15, 0.2) is 0 Å². The molecule has 0 aliphatic heterocycles. The average molecular weight is 184 g/mol. The fourth-order valence-electron chi connectivity index (χ4n) is 0.486. The fourth-order valence-corrected chi connectivity index (χ4v) is 1.02. The number of rotatable bonds is 3. The molecule has 0 saturated carbocycles. The van der Waals surface area contributed by atoms with Crippen molar-refractivity contribution in [2.45, 2.75) is 32.8 Å². The molecule has 0 aromatic rings. The minimum absolute atomic E-state index is 0.875. The number of hydrogen-bond acceptors (Lipinski definition) is 2. The van der Waals surface area contributed by atoms with Crippen LogP contribution in [0.5, 0.6) is 0 Å². The Morgan fingerprint density at radius 1 is 1.50 bits per heavy atom. The van der Waals surface area contributed by atoms with E-state index in [2.05, 4.69) is 18.8 Å². The minimum atomic E-state index is -0.875. The molecule has 0 unspecified atom stereocenters. The van der Waals surface area contributed by atoms with Crippen molar-refractivity contribution in [1.82, 2.24) is 0 Å². The van der Waals surface area contributed by atoms with E-state index in [0.717, 1.165) is 5.75 Å². The fraction of sp³-hybridized carbons (Fsp3) is 0.600. The van der Waals surface area contributed by atoms with Crippen LogP contribution in [0.2, 0.25) is 0 Å². The lowest BCUT2D eigenvalue weighted by molar-refractivity contribution is 0.143. The average Bonchev–Trinajstić information content (AvgIpc) is 1.94. The highest BCUT2D eigenvalue weighted by atomic mass is 32.2. The number of hydrogen-bond donors (Lipinski definition) is 1. The van der Waals surface area contributed by atoms with Crippen molar-refractivity contribution in [3.05, 3.63) is 11.5 Å². The van der Waals surface area contributed by atoms with Gasteiger partial charge in [-0.1, -0.05) is 18.8 Å². The minimum Gasteiger partial charge on any atom is -0.378 e. The van der Waals surface area contributed by atoms with E-state index in [-0.39, 0.29) is 0 Å². The van der Waals surface area contributed by atoms with Crippen molar-refractivity contribution in [2.24, 2.45) is 0 Å². The smallest absolute Gasteiger partial charge is 0.120 e. The maximum absolute atomic E-state index is 9.21. The summed E-state index contributed by atoms with van der Waals surface area (Å²) in [7, 11) is 0. The van der Waals surface area contributed by atoms with Gasteiger partial charge in [0.1, 0.15) is 5.60 Å². The zero-order chi connectivity index (χ0) is 9.45. The van der Waals surface area contributed by atoms with E-state index >= 15 is 0 Å². The van der Waals surface area contributed by atoms with E-state index < -0.39 is 5.60 Å². The second-order valence-electron chi connectivity index (χ2n) is 3.00. The summed E-state index contributed by atoms with van der Waals surface area (Å²) in [6.45, 7) is 5.49. The Hall–Kier alpha value is -0.390. The number of thioether (sulfide) groups is 1. The van der Waals surface area contributed by atoms with Gasteiger partial charge in [0.2, 0.25) is 0 Å². The maximum Gasteiger partial charge on any atom is 0.120 e. The van der Waals surface area contributed by atoms with Gasteiger partial charge in [-0.2, -0.15) is 0 Å². The summed E-state index contributed by atoms with van der Waals surface area (Å²) in [4.78, 5) is 0. The van der Waals surface area contributed by atoms with Gasteiger partial charge in [0.25, 0.3) is 0 Å². The maximum atomic E-state index is 9.21. The van der Waals surface area contributed by atoms with Gasteiger partial charge >= 0.3 is 0 Å². The third kappa shape index (κ3) is 9.61. The molecule has 0 aliphatic carbocycles.